The molecule has 4 rings (SSSR count). The predicted octanol–water partition coefficient (Wildman–Crippen LogP) is 3.05. The normalized spacial score (nSPS) is 15.4. The Morgan fingerprint density at radius 2 is 1.61 bits per heavy atom. The number of carbonyl (C=O) groups is 1. The lowest BCUT2D eigenvalue weighted by Gasteiger charge is -2.34. The van der Waals surface area contributed by atoms with Gasteiger partial charge in [-0.25, -0.2) is 16.8 Å². The van der Waals surface area contributed by atoms with Crippen molar-refractivity contribution in [1.29, 1.82) is 0 Å². The number of benzene rings is 3. The molecule has 0 aromatic heterocycles. The van der Waals surface area contributed by atoms with Gasteiger partial charge in [-0.05, 0) is 67.6 Å². The number of sulfonamides is 2. The number of carbonyl (C=O) groups excluding carboxylic acids is 1. The molecule has 10 nitrogen and oxygen atoms in total. The van der Waals surface area contributed by atoms with Crippen LogP contribution in [0.2, 0.25) is 0 Å². The molecule has 3 aromatic carbocycles. The average molecular weight is 532 g/mol. The van der Waals surface area contributed by atoms with Gasteiger partial charge in [-0.3, -0.25) is 13.8 Å². The Morgan fingerprint density at radius 3 is 2.25 bits per heavy atom. The van der Waals surface area contributed by atoms with E-state index in [2.05, 4.69) is 10.0 Å². The molecule has 190 valence electrons. The zero-order valence-corrected chi connectivity index (χ0v) is 21.2. The predicted molar refractivity (Wildman–Crippen MR) is 137 cm³/mol. The molecule has 1 aliphatic rings. The van der Waals surface area contributed by atoms with Gasteiger partial charge in [-0.1, -0.05) is 12.1 Å². The number of amides is 1. The number of rotatable bonds is 8. The fourth-order valence-electron chi connectivity index (χ4n) is 3.57. The Labute approximate surface area is 209 Å². The molecule has 1 heterocycles. The number of fused-ring (bicyclic) bond motifs is 1. The minimum atomic E-state index is -3.86. The molecule has 0 spiro atoms. The molecule has 0 fully saturated rings. The molecule has 1 atom stereocenters. The lowest BCUT2D eigenvalue weighted by molar-refractivity contribution is -0.122. The van der Waals surface area contributed by atoms with Crippen LogP contribution in [0.15, 0.2) is 77.7 Å². The summed E-state index contributed by atoms with van der Waals surface area (Å²) in [6.07, 6.45) is -1.10. The third kappa shape index (κ3) is 5.39. The van der Waals surface area contributed by atoms with E-state index in [-0.39, 0.29) is 22.9 Å². The van der Waals surface area contributed by atoms with E-state index in [1.165, 1.54) is 42.6 Å². The number of ether oxygens (including phenoxy) is 2. The maximum atomic E-state index is 12.9. The molecular formula is C24H25N3O7S2. The minimum Gasteiger partial charge on any atom is -0.497 e. The van der Waals surface area contributed by atoms with Crippen LogP contribution in [-0.4, -0.2) is 48.3 Å². The van der Waals surface area contributed by atoms with E-state index in [1.54, 1.807) is 48.5 Å². The van der Waals surface area contributed by atoms with Crippen LogP contribution in [0.4, 0.5) is 17.1 Å². The first-order chi connectivity index (χ1) is 17.1. The molecule has 1 aliphatic heterocycles. The molecule has 1 amide bonds. The molecule has 1 unspecified atom stereocenters. The highest BCUT2D eigenvalue weighted by molar-refractivity contribution is 7.93. The molecule has 0 radical (unpaired) electrons. The molecule has 0 aliphatic carbocycles. The van der Waals surface area contributed by atoms with Crippen molar-refractivity contribution >= 4 is 43.0 Å². The van der Waals surface area contributed by atoms with Crippen LogP contribution in [0.5, 0.6) is 11.5 Å². The molecule has 36 heavy (non-hydrogen) atoms. The quantitative estimate of drug-likeness (QED) is 0.457. The van der Waals surface area contributed by atoms with Crippen LogP contribution in [0.1, 0.15) is 6.92 Å². The van der Waals surface area contributed by atoms with Crippen LogP contribution in [0, 0.1) is 0 Å². The van der Waals surface area contributed by atoms with Crippen molar-refractivity contribution in [2.45, 2.75) is 17.9 Å². The Hall–Kier alpha value is -3.77. The summed E-state index contributed by atoms with van der Waals surface area (Å²) >= 11 is 0. The second-order valence-electron chi connectivity index (χ2n) is 7.85. The fraction of sp³-hybridized carbons (Fsp3) is 0.208. The first-order valence-electron chi connectivity index (χ1n) is 11.0. The number of anilines is 3. The Bertz CT molecular complexity index is 1460. The third-order valence-electron chi connectivity index (χ3n) is 5.50. The minimum absolute atomic E-state index is 0.000579. The summed E-state index contributed by atoms with van der Waals surface area (Å²) < 4.78 is 65.1. The van der Waals surface area contributed by atoms with Crippen LogP contribution in [0.3, 0.4) is 0 Å². The fourth-order valence-corrected chi connectivity index (χ4v) is 5.75. The van der Waals surface area contributed by atoms with Gasteiger partial charge in [0.25, 0.3) is 15.9 Å². The smallest absolute Gasteiger partial charge is 0.267 e. The summed E-state index contributed by atoms with van der Waals surface area (Å²) in [6, 6.07) is 18.6. The van der Waals surface area contributed by atoms with Crippen molar-refractivity contribution in [3.63, 3.8) is 0 Å². The Kier molecular flexibility index (Phi) is 7.09. The van der Waals surface area contributed by atoms with E-state index in [0.29, 0.717) is 22.8 Å². The van der Waals surface area contributed by atoms with E-state index in [0.717, 1.165) is 0 Å². The van der Waals surface area contributed by atoms with Gasteiger partial charge in [-0.15, -0.1) is 0 Å². The van der Waals surface area contributed by atoms with Crippen molar-refractivity contribution in [2.24, 2.45) is 0 Å². The van der Waals surface area contributed by atoms with E-state index >= 15 is 0 Å². The second kappa shape index (κ2) is 10.1. The van der Waals surface area contributed by atoms with E-state index in [4.69, 9.17) is 9.47 Å². The highest BCUT2D eigenvalue weighted by Crippen LogP contribution is 2.35. The summed E-state index contributed by atoms with van der Waals surface area (Å²) in [4.78, 5) is 12.9. The molecule has 0 saturated heterocycles. The number of methoxy groups -OCH3 is 1. The Balaban J connectivity index is 1.47. The zero-order valence-electron chi connectivity index (χ0n) is 19.5. The van der Waals surface area contributed by atoms with Gasteiger partial charge in [0.1, 0.15) is 11.5 Å². The Morgan fingerprint density at radius 1 is 0.972 bits per heavy atom. The number of para-hydroxylation sites is 2. The number of nitrogens with zero attached hydrogens (tertiary/aromatic N) is 1. The molecule has 2 N–H and O–H groups in total. The monoisotopic (exact) mass is 531 g/mol. The van der Waals surface area contributed by atoms with Crippen molar-refractivity contribution in [3.8, 4) is 11.5 Å². The summed E-state index contributed by atoms with van der Waals surface area (Å²) in [6.45, 7) is 1.35. The van der Waals surface area contributed by atoms with Crippen molar-refractivity contribution < 1.29 is 31.1 Å². The molecule has 12 heteroatoms. The first-order valence-corrected chi connectivity index (χ1v) is 14.1. The second-order valence-corrected chi connectivity index (χ2v) is 11.7. The SMILES string of the molecule is CCS(=O)(=O)N1CC(C(=O)Nc2ccc(S(=O)(=O)Nc3ccc(OC)cc3)cc2)Oc2ccccc21. The average Bonchev–Trinajstić information content (AvgIpc) is 2.88. The summed E-state index contributed by atoms with van der Waals surface area (Å²) in [5, 5.41) is 2.66. The number of hydrogen-bond acceptors (Lipinski definition) is 7. The standard InChI is InChI=1S/C24H25N3O7S2/c1-3-35(29,30)27-16-23(34-22-7-5-4-6-21(22)27)24(28)25-17-10-14-20(15-11-17)36(31,32)26-18-8-12-19(33-2)13-9-18/h4-15,23,26H,3,16H2,1-2H3,(H,25,28). The van der Waals surface area contributed by atoms with Gasteiger partial charge in [0.15, 0.2) is 6.10 Å². The highest BCUT2D eigenvalue weighted by Gasteiger charge is 2.36. The van der Waals surface area contributed by atoms with Gasteiger partial charge in [0.05, 0.1) is 30.0 Å². The first kappa shape index (κ1) is 25.3. The van der Waals surface area contributed by atoms with Crippen molar-refractivity contribution in [3.05, 3.63) is 72.8 Å². The van der Waals surface area contributed by atoms with Gasteiger partial charge in [0.2, 0.25) is 10.0 Å². The summed E-state index contributed by atoms with van der Waals surface area (Å²) in [7, 11) is -5.98. The maximum Gasteiger partial charge on any atom is 0.267 e. The van der Waals surface area contributed by atoms with Crippen LogP contribution < -0.4 is 23.8 Å². The molecular weight excluding hydrogens is 506 g/mol. The van der Waals surface area contributed by atoms with Gasteiger partial charge < -0.3 is 14.8 Å². The van der Waals surface area contributed by atoms with E-state index < -0.39 is 32.1 Å². The van der Waals surface area contributed by atoms with E-state index in [9.17, 15) is 21.6 Å². The number of nitrogens with one attached hydrogen (secondary N) is 2. The molecule has 0 saturated carbocycles. The summed E-state index contributed by atoms with van der Waals surface area (Å²) in [5.41, 5.74) is 1.08. The highest BCUT2D eigenvalue weighted by atomic mass is 32.2. The largest absolute Gasteiger partial charge is 0.497 e. The maximum absolute atomic E-state index is 12.9. The zero-order chi connectivity index (χ0) is 25.9. The van der Waals surface area contributed by atoms with Crippen LogP contribution in [0.25, 0.3) is 0 Å². The van der Waals surface area contributed by atoms with Gasteiger partial charge in [-0.2, -0.15) is 0 Å². The van der Waals surface area contributed by atoms with Crippen LogP contribution in [-0.2, 0) is 24.8 Å². The third-order valence-corrected chi connectivity index (χ3v) is 8.65. The molecule has 3 aromatic rings. The van der Waals surface area contributed by atoms with Gasteiger partial charge >= 0.3 is 0 Å². The topological polar surface area (TPSA) is 131 Å². The van der Waals surface area contributed by atoms with Crippen LogP contribution >= 0.6 is 0 Å². The van der Waals surface area contributed by atoms with Crippen molar-refractivity contribution in [1.82, 2.24) is 0 Å². The van der Waals surface area contributed by atoms with Crippen molar-refractivity contribution in [2.75, 3.05) is 33.8 Å². The summed E-state index contributed by atoms with van der Waals surface area (Å²) in [5.74, 6) is 0.189. The number of hydrogen-bond donors (Lipinski definition) is 2. The lowest BCUT2D eigenvalue weighted by atomic mass is 10.2. The van der Waals surface area contributed by atoms with Gasteiger partial charge in [0, 0.05) is 11.4 Å². The van der Waals surface area contributed by atoms with E-state index in [1.807, 2.05) is 0 Å². The molecule has 0 bridgehead atoms. The lowest BCUT2D eigenvalue weighted by Crippen LogP contribution is -2.49.